The third kappa shape index (κ3) is 1.89. The van der Waals surface area contributed by atoms with Crippen molar-refractivity contribution in [2.45, 2.75) is 77.2 Å². The lowest BCUT2D eigenvalue weighted by molar-refractivity contribution is -0.160. The fraction of sp³-hybridized carbons (Fsp3) is 0.696. The van der Waals surface area contributed by atoms with Crippen molar-refractivity contribution in [1.82, 2.24) is 0 Å². The number of esters is 1. The van der Waals surface area contributed by atoms with Gasteiger partial charge in [-0.1, -0.05) is 49.3 Å². The van der Waals surface area contributed by atoms with E-state index in [1.54, 1.807) is 11.1 Å². The summed E-state index contributed by atoms with van der Waals surface area (Å²) in [5, 5.41) is 0. The fourth-order valence-corrected chi connectivity index (χ4v) is 7.23. The first-order valence-corrected chi connectivity index (χ1v) is 10.2. The molecule has 4 aliphatic carbocycles. The summed E-state index contributed by atoms with van der Waals surface area (Å²) in [6.07, 6.45) is 14.8. The first-order chi connectivity index (χ1) is 11.9. The molecule has 1 aliphatic heterocycles. The smallest absolute Gasteiger partial charge is 0.306 e. The van der Waals surface area contributed by atoms with Crippen molar-refractivity contribution in [1.29, 1.82) is 0 Å². The Labute approximate surface area is 151 Å². The Morgan fingerprint density at radius 3 is 2.72 bits per heavy atom. The molecule has 5 atom stereocenters. The summed E-state index contributed by atoms with van der Waals surface area (Å²) in [7, 11) is 0. The summed E-state index contributed by atoms with van der Waals surface area (Å²) in [4.78, 5) is 11.9. The number of hydrogen-bond acceptors (Lipinski definition) is 2. The summed E-state index contributed by atoms with van der Waals surface area (Å²) in [6.45, 7) is 9.12. The molecule has 0 aromatic heterocycles. The molecular formula is C23H30O2. The zero-order chi connectivity index (χ0) is 17.4. The van der Waals surface area contributed by atoms with E-state index in [9.17, 15) is 4.79 Å². The molecular weight excluding hydrogens is 308 g/mol. The van der Waals surface area contributed by atoms with Crippen molar-refractivity contribution in [3.8, 4) is 0 Å². The van der Waals surface area contributed by atoms with Crippen molar-refractivity contribution in [3.05, 3.63) is 35.5 Å². The zero-order valence-electron chi connectivity index (χ0n) is 15.7. The van der Waals surface area contributed by atoms with Crippen LogP contribution in [-0.4, -0.2) is 11.6 Å². The van der Waals surface area contributed by atoms with Crippen LogP contribution in [0.4, 0.5) is 0 Å². The molecule has 1 heterocycles. The van der Waals surface area contributed by atoms with Gasteiger partial charge in [-0.3, -0.25) is 4.79 Å². The van der Waals surface area contributed by atoms with Crippen molar-refractivity contribution in [2.75, 3.05) is 0 Å². The molecule has 0 aromatic carbocycles. The molecule has 0 radical (unpaired) electrons. The van der Waals surface area contributed by atoms with E-state index in [0.717, 1.165) is 25.7 Å². The predicted octanol–water partition coefficient (Wildman–Crippen LogP) is 5.50. The minimum absolute atomic E-state index is 0.0308. The molecule has 134 valence electrons. The van der Waals surface area contributed by atoms with Crippen LogP contribution in [0.3, 0.4) is 0 Å². The zero-order valence-corrected chi connectivity index (χ0v) is 15.7. The second-order valence-electron chi connectivity index (χ2n) is 9.70. The molecule has 0 amide bonds. The number of hydrogen-bond donors (Lipinski definition) is 0. The molecule has 5 rings (SSSR count). The summed E-state index contributed by atoms with van der Waals surface area (Å²) >= 11 is 0. The number of ether oxygens (including phenoxy) is 1. The number of rotatable bonds is 0. The van der Waals surface area contributed by atoms with Gasteiger partial charge in [-0.2, -0.15) is 0 Å². The Bertz CT molecular complexity index is 728. The summed E-state index contributed by atoms with van der Waals surface area (Å²) in [6, 6.07) is 0. The molecule has 1 spiro atoms. The van der Waals surface area contributed by atoms with E-state index in [0.29, 0.717) is 18.3 Å². The Kier molecular flexibility index (Phi) is 3.12. The minimum Gasteiger partial charge on any atom is -0.458 e. The Balaban J connectivity index is 1.55. The lowest BCUT2D eigenvalue weighted by atomic mass is 9.50. The molecule has 0 bridgehead atoms. The van der Waals surface area contributed by atoms with Gasteiger partial charge < -0.3 is 4.74 Å². The van der Waals surface area contributed by atoms with E-state index >= 15 is 0 Å². The highest BCUT2D eigenvalue weighted by molar-refractivity contribution is 5.72. The maximum Gasteiger partial charge on any atom is 0.306 e. The number of allylic oxidation sites excluding steroid dienone is 5. The van der Waals surface area contributed by atoms with Gasteiger partial charge in [0, 0.05) is 17.3 Å². The van der Waals surface area contributed by atoms with Gasteiger partial charge in [0.1, 0.15) is 5.60 Å². The van der Waals surface area contributed by atoms with Gasteiger partial charge in [-0.15, -0.1) is 0 Å². The summed E-state index contributed by atoms with van der Waals surface area (Å²) in [5.74, 6) is 1.40. The molecule has 2 unspecified atom stereocenters. The fourth-order valence-electron chi connectivity index (χ4n) is 7.23. The molecule has 1 saturated heterocycles. The van der Waals surface area contributed by atoms with Crippen LogP contribution in [0.5, 0.6) is 0 Å². The van der Waals surface area contributed by atoms with Crippen LogP contribution >= 0.6 is 0 Å². The van der Waals surface area contributed by atoms with Crippen molar-refractivity contribution >= 4 is 5.97 Å². The van der Waals surface area contributed by atoms with Crippen molar-refractivity contribution in [3.63, 3.8) is 0 Å². The van der Waals surface area contributed by atoms with Gasteiger partial charge in [-0.05, 0) is 63.2 Å². The number of fused-ring (bicyclic) bond motifs is 6. The topological polar surface area (TPSA) is 26.3 Å². The number of carbonyl (C=O) groups excluding carboxylic acids is 1. The van der Waals surface area contributed by atoms with Gasteiger partial charge in [0.05, 0.1) is 0 Å². The summed E-state index contributed by atoms with van der Waals surface area (Å²) < 4.78 is 6.02. The second kappa shape index (κ2) is 4.90. The highest BCUT2D eigenvalue weighted by Gasteiger charge is 2.65. The van der Waals surface area contributed by atoms with Crippen LogP contribution < -0.4 is 0 Å². The standard InChI is InChI=1S/C23H30O2/c1-15-6-10-21(2)16(14-15)4-5-17-18(21)7-11-22(3)19(17)8-12-23(22)13-9-20(24)25-23/h7,14,17,19H,1,4-6,8-13H2,2-3H3/t17-,19?,21?,22+,23-/m1/s1. The van der Waals surface area contributed by atoms with E-state index in [1.807, 2.05) is 0 Å². The van der Waals surface area contributed by atoms with E-state index < -0.39 is 0 Å². The summed E-state index contributed by atoms with van der Waals surface area (Å²) in [5.41, 5.74) is 4.87. The molecule has 5 aliphatic rings. The Morgan fingerprint density at radius 2 is 1.96 bits per heavy atom. The molecule has 2 heteroatoms. The van der Waals surface area contributed by atoms with E-state index in [1.165, 1.54) is 31.3 Å². The first kappa shape index (κ1) is 15.9. The second-order valence-corrected chi connectivity index (χ2v) is 9.70. The molecule has 2 nitrogen and oxygen atoms in total. The molecule has 2 saturated carbocycles. The quantitative estimate of drug-likeness (QED) is 0.430. The van der Waals surface area contributed by atoms with E-state index in [4.69, 9.17) is 4.74 Å². The average Bonchev–Trinajstić information content (AvgIpc) is 3.10. The Morgan fingerprint density at radius 1 is 1.12 bits per heavy atom. The lowest BCUT2D eigenvalue weighted by Gasteiger charge is -2.55. The minimum atomic E-state index is -0.172. The number of carbonyl (C=O) groups is 1. The average molecular weight is 338 g/mol. The highest BCUT2D eigenvalue weighted by atomic mass is 16.6. The third-order valence-corrected chi connectivity index (χ3v) is 8.79. The Hall–Kier alpha value is -1.31. The van der Waals surface area contributed by atoms with Crippen molar-refractivity contribution in [2.24, 2.45) is 22.7 Å². The van der Waals surface area contributed by atoms with E-state index in [-0.39, 0.29) is 22.4 Å². The molecule has 0 aromatic rings. The van der Waals surface area contributed by atoms with Gasteiger partial charge in [0.2, 0.25) is 0 Å². The van der Waals surface area contributed by atoms with Crippen LogP contribution in [0.2, 0.25) is 0 Å². The molecule has 25 heavy (non-hydrogen) atoms. The predicted molar refractivity (Wildman–Crippen MR) is 98.9 cm³/mol. The molecule has 3 fully saturated rings. The molecule has 0 N–H and O–H groups in total. The largest absolute Gasteiger partial charge is 0.458 e. The van der Waals surface area contributed by atoms with Crippen LogP contribution in [0.1, 0.15) is 71.6 Å². The van der Waals surface area contributed by atoms with E-state index in [2.05, 4.69) is 32.6 Å². The van der Waals surface area contributed by atoms with Gasteiger partial charge in [0.15, 0.2) is 0 Å². The van der Waals surface area contributed by atoms with Gasteiger partial charge >= 0.3 is 5.97 Å². The van der Waals surface area contributed by atoms with Crippen molar-refractivity contribution < 1.29 is 9.53 Å². The van der Waals surface area contributed by atoms with Gasteiger partial charge in [-0.25, -0.2) is 0 Å². The van der Waals surface area contributed by atoms with Crippen LogP contribution in [0.15, 0.2) is 35.5 Å². The SMILES string of the molecule is C=C1C=C2CC[C@@H]3C(=CC[C@@]4(C)C3CC[C@@]43CCC(=O)O3)C2(C)CC1. The lowest BCUT2D eigenvalue weighted by Crippen LogP contribution is -2.50. The maximum atomic E-state index is 11.9. The maximum absolute atomic E-state index is 11.9. The normalized spacial score (nSPS) is 48.4. The monoisotopic (exact) mass is 338 g/mol. The van der Waals surface area contributed by atoms with Crippen LogP contribution in [-0.2, 0) is 9.53 Å². The third-order valence-electron chi connectivity index (χ3n) is 8.79. The van der Waals surface area contributed by atoms with Crippen LogP contribution in [0.25, 0.3) is 0 Å². The highest BCUT2D eigenvalue weighted by Crippen LogP contribution is 2.68. The van der Waals surface area contributed by atoms with Gasteiger partial charge in [0.25, 0.3) is 0 Å². The first-order valence-electron chi connectivity index (χ1n) is 10.2. The van der Waals surface area contributed by atoms with Crippen LogP contribution in [0, 0.1) is 22.7 Å².